The Labute approximate surface area is 74.1 Å². The van der Waals surface area contributed by atoms with E-state index >= 15 is 0 Å². The van der Waals surface area contributed by atoms with Crippen LogP contribution in [0.1, 0.15) is 26.7 Å². The zero-order valence-corrected chi connectivity index (χ0v) is 7.92. The van der Waals surface area contributed by atoms with E-state index in [2.05, 4.69) is 19.2 Å². The van der Waals surface area contributed by atoms with Gasteiger partial charge < -0.3 is 15.2 Å². The van der Waals surface area contributed by atoms with Crippen LogP contribution in [0.15, 0.2) is 0 Å². The van der Waals surface area contributed by atoms with Crippen LogP contribution in [0, 0.1) is 0 Å². The molecule has 3 atom stereocenters. The molecule has 1 aliphatic rings. The fourth-order valence-electron chi connectivity index (χ4n) is 1.59. The minimum Gasteiger partial charge on any atom is -0.396 e. The Morgan fingerprint density at radius 1 is 1.67 bits per heavy atom. The number of aliphatic hydroxyl groups is 1. The molecule has 0 spiro atoms. The molecule has 1 aliphatic heterocycles. The molecule has 0 aliphatic carbocycles. The van der Waals surface area contributed by atoms with Crippen LogP contribution >= 0.6 is 0 Å². The fraction of sp³-hybridized carbons (Fsp3) is 1.00. The highest BCUT2D eigenvalue weighted by Gasteiger charge is 2.24. The highest BCUT2D eigenvalue weighted by molar-refractivity contribution is 4.81. The average Bonchev–Trinajstić information content (AvgIpc) is 2.37. The quantitative estimate of drug-likeness (QED) is 0.651. The molecular weight excluding hydrogens is 154 g/mol. The first-order chi connectivity index (χ1) is 5.74. The molecule has 1 saturated heterocycles. The normalized spacial score (nSPS) is 32.2. The summed E-state index contributed by atoms with van der Waals surface area (Å²) in [7, 11) is 0. The molecule has 0 bridgehead atoms. The third-order valence-electron chi connectivity index (χ3n) is 2.44. The van der Waals surface area contributed by atoms with Gasteiger partial charge in [-0.05, 0) is 26.7 Å². The molecule has 3 heteroatoms. The van der Waals surface area contributed by atoms with Crippen molar-refractivity contribution in [3.8, 4) is 0 Å². The summed E-state index contributed by atoms with van der Waals surface area (Å²) in [6.45, 7) is 5.32. The molecule has 3 nitrogen and oxygen atoms in total. The molecule has 1 rings (SSSR count). The summed E-state index contributed by atoms with van der Waals surface area (Å²) in [6.07, 6.45) is 2.24. The van der Waals surface area contributed by atoms with E-state index in [4.69, 9.17) is 9.84 Å². The van der Waals surface area contributed by atoms with Crippen molar-refractivity contribution in [2.75, 3.05) is 13.2 Å². The molecule has 0 amide bonds. The summed E-state index contributed by atoms with van der Waals surface area (Å²) in [5, 5.41) is 12.1. The van der Waals surface area contributed by atoms with Gasteiger partial charge in [-0.3, -0.25) is 0 Å². The second-order valence-electron chi connectivity index (χ2n) is 3.55. The van der Waals surface area contributed by atoms with Gasteiger partial charge in [-0.25, -0.2) is 0 Å². The van der Waals surface area contributed by atoms with Gasteiger partial charge in [-0.15, -0.1) is 0 Å². The number of aliphatic hydroxyl groups excluding tert-OH is 1. The molecule has 0 saturated carbocycles. The minimum absolute atomic E-state index is 0.260. The van der Waals surface area contributed by atoms with Gasteiger partial charge in [0.15, 0.2) is 0 Å². The van der Waals surface area contributed by atoms with Crippen molar-refractivity contribution in [3.05, 3.63) is 0 Å². The molecule has 1 heterocycles. The molecule has 0 radical (unpaired) electrons. The minimum atomic E-state index is 0.260. The SMILES string of the molecule is CC(CCO)NC1CCOC1C. The van der Waals surface area contributed by atoms with Crippen molar-refractivity contribution in [2.24, 2.45) is 0 Å². The Morgan fingerprint density at radius 3 is 2.92 bits per heavy atom. The predicted molar refractivity (Wildman–Crippen MR) is 48.1 cm³/mol. The van der Waals surface area contributed by atoms with Crippen molar-refractivity contribution < 1.29 is 9.84 Å². The number of ether oxygens (including phenoxy) is 1. The first kappa shape index (κ1) is 9.96. The third kappa shape index (κ3) is 2.73. The zero-order valence-electron chi connectivity index (χ0n) is 7.92. The van der Waals surface area contributed by atoms with Crippen LogP contribution in [0.25, 0.3) is 0 Å². The summed E-state index contributed by atoms with van der Waals surface area (Å²) in [4.78, 5) is 0. The lowest BCUT2D eigenvalue weighted by molar-refractivity contribution is 0.110. The third-order valence-corrected chi connectivity index (χ3v) is 2.44. The van der Waals surface area contributed by atoms with Gasteiger partial charge in [0.25, 0.3) is 0 Å². The number of nitrogens with one attached hydrogen (secondary N) is 1. The highest BCUT2D eigenvalue weighted by Crippen LogP contribution is 2.13. The van der Waals surface area contributed by atoms with Gasteiger partial charge in [0.2, 0.25) is 0 Å². The van der Waals surface area contributed by atoms with Gasteiger partial charge in [-0.2, -0.15) is 0 Å². The topological polar surface area (TPSA) is 41.5 Å². The number of hydrogen-bond acceptors (Lipinski definition) is 3. The van der Waals surface area contributed by atoms with Crippen molar-refractivity contribution >= 4 is 0 Å². The van der Waals surface area contributed by atoms with E-state index in [1.165, 1.54) is 0 Å². The lowest BCUT2D eigenvalue weighted by atomic mass is 10.1. The first-order valence-corrected chi connectivity index (χ1v) is 4.72. The molecule has 2 N–H and O–H groups in total. The second-order valence-corrected chi connectivity index (χ2v) is 3.55. The van der Waals surface area contributed by atoms with E-state index in [0.29, 0.717) is 18.2 Å². The van der Waals surface area contributed by atoms with Gasteiger partial charge in [-0.1, -0.05) is 0 Å². The van der Waals surface area contributed by atoms with E-state index in [1.54, 1.807) is 0 Å². The maximum absolute atomic E-state index is 8.71. The maximum Gasteiger partial charge on any atom is 0.0700 e. The number of rotatable bonds is 4. The van der Waals surface area contributed by atoms with Crippen LogP contribution in [-0.4, -0.2) is 36.5 Å². The Balaban J connectivity index is 2.20. The van der Waals surface area contributed by atoms with Crippen LogP contribution in [0.5, 0.6) is 0 Å². The summed E-state index contributed by atoms with van der Waals surface area (Å²) < 4.78 is 5.42. The fourth-order valence-corrected chi connectivity index (χ4v) is 1.59. The summed E-state index contributed by atoms with van der Waals surface area (Å²) in [5.74, 6) is 0. The van der Waals surface area contributed by atoms with Crippen LogP contribution in [0.2, 0.25) is 0 Å². The molecule has 0 aromatic rings. The van der Waals surface area contributed by atoms with E-state index in [9.17, 15) is 0 Å². The summed E-state index contributed by atoms with van der Waals surface area (Å²) in [5.41, 5.74) is 0. The molecule has 12 heavy (non-hydrogen) atoms. The Bertz CT molecular complexity index is 130. The predicted octanol–water partition coefficient (Wildman–Crippen LogP) is 0.524. The molecule has 1 fully saturated rings. The summed E-state index contributed by atoms with van der Waals surface area (Å²) >= 11 is 0. The monoisotopic (exact) mass is 173 g/mol. The lowest BCUT2D eigenvalue weighted by Gasteiger charge is -2.20. The van der Waals surface area contributed by atoms with Crippen LogP contribution in [0.3, 0.4) is 0 Å². The Kier molecular flexibility index (Phi) is 3.98. The molecule has 3 unspecified atom stereocenters. The van der Waals surface area contributed by atoms with Gasteiger partial charge in [0.05, 0.1) is 6.10 Å². The van der Waals surface area contributed by atoms with E-state index < -0.39 is 0 Å². The van der Waals surface area contributed by atoms with Crippen molar-refractivity contribution in [1.29, 1.82) is 0 Å². The highest BCUT2D eigenvalue weighted by atomic mass is 16.5. The standard InChI is InChI=1S/C9H19NO2/c1-7(3-5-11)10-9-4-6-12-8(9)2/h7-11H,3-6H2,1-2H3. The smallest absolute Gasteiger partial charge is 0.0700 e. The Morgan fingerprint density at radius 2 is 2.42 bits per heavy atom. The average molecular weight is 173 g/mol. The van der Waals surface area contributed by atoms with Crippen molar-refractivity contribution in [1.82, 2.24) is 5.32 Å². The van der Waals surface area contributed by atoms with Gasteiger partial charge >= 0.3 is 0 Å². The second kappa shape index (κ2) is 4.80. The summed E-state index contributed by atoms with van der Waals surface area (Å²) in [6, 6.07) is 0.871. The van der Waals surface area contributed by atoms with E-state index in [0.717, 1.165) is 19.4 Å². The van der Waals surface area contributed by atoms with Crippen molar-refractivity contribution in [2.45, 2.75) is 44.9 Å². The molecule has 0 aromatic heterocycles. The van der Waals surface area contributed by atoms with Gasteiger partial charge in [0.1, 0.15) is 0 Å². The van der Waals surface area contributed by atoms with Crippen LogP contribution in [-0.2, 0) is 4.74 Å². The zero-order chi connectivity index (χ0) is 8.97. The van der Waals surface area contributed by atoms with Gasteiger partial charge in [0, 0.05) is 25.3 Å². The Hall–Kier alpha value is -0.120. The first-order valence-electron chi connectivity index (χ1n) is 4.72. The maximum atomic E-state index is 8.71. The molecule has 0 aromatic carbocycles. The van der Waals surface area contributed by atoms with Crippen LogP contribution < -0.4 is 5.32 Å². The molecule has 72 valence electrons. The van der Waals surface area contributed by atoms with E-state index in [-0.39, 0.29) is 6.61 Å². The largest absolute Gasteiger partial charge is 0.396 e. The van der Waals surface area contributed by atoms with Crippen LogP contribution in [0.4, 0.5) is 0 Å². The van der Waals surface area contributed by atoms with E-state index in [1.807, 2.05) is 0 Å². The lowest BCUT2D eigenvalue weighted by Crippen LogP contribution is -2.40. The number of hydrogen-bond donors (Lipinski definition) is 2. The van der Waals surface area contributed by atoms with Crippen molar-refractivity contribution in [3.63, 3.8) is 0 Å². The molecular formula is C9H19NO2.